The number of hydrogen-bond donors (Lipinski definition) is 2. The second-order valence-electron chi connectivity index (χ2n) is 5.47. The Kier molecular flexibility index (Phi) is 4.14. The van der Waals surface area contributed by atoms with Gasteiger partial charge in [0.05, 0.1) is 0 Å². The molecule has 0 spiro atoms. The van der Waals surface area contributed by atoms with E-state index in [9.17, 15) is 26.3 Å². The Balaban J connectivity index is 2.33. The summed E-state index contributed by atoms with van der Waals surface area (Å²) in [4.78, 5) is 0. The smallest absolute Gasteiger partial charge is 0.376 e. The summed E-state index contributed by atoms with van der Waals surface area (Å²) in [5.41, 5.74) is -1.85. The van der Waals surface area contributed by atoms with E-state index in [4.69, 9.17) is 5.41 Å². The zero-order chi connectivity index (χ0) is 16.7. The summed E-state index contributed by atoms with van der Waals surface area (Å²) in [5, 5.41) is 9.12. The Bertz CT molecular complexity index is 576. The highest BCUT2D eigenvalue weighted by molar-refractivity contribution is 6.06. The normalized spacial score (nSPS) is 21.6. The summed E-state index contributed by atoms with van der Waals surface area (Å²) in [6.45, 7) is 0.508. The molecule has 2 atom stereocenters. The lowest BCUT2D eigenvalue weighted by molar-refractivity contribution is -0.115. The summed E-state index contributed by atoms with van der Waals surface area (Å²) in [7, 11) is 0. The van der Waals surface area contributed by atoms with Crippen LogP contribution in [0.15, 0.2) is 18.2 Å². The molecular formula is C14H14F6N2. The number of anilines is 1. The topological polar surface area (TPSA) is 35.9 Å². The van der Waals surface area contributed by atoms with Crippen LogP contribution < -0.4 is 5.32 Å². The van der Waals surface area contributed by atoms with Gasteiger partial charge in [-0.05, 0) is 29.9 Å². The monoisotopic (exact) mass is 324 g/mol. The van der Waals surface area contributed by atoms with Gasteiger partial charge in [0.2, 0.25) is 0 Å². The zero-order valence-electron chi connectivity index (χ0n) is 11.6. The summed E-state index contributed by atoms with van der Waals surface area (Å²) < 4.78 is 74.9. The van der Waals surface area contributed by atoms with Gasteiger partial charge in [-0.25, -0.2) is 0 Å². The summed E-state index contributed by atoms with van der Waals surface area (Å²) in [6, 6.07) is 3.80. The maximum Gasteiger partial charge on any atom is 0.433 e. The van der Waals surface area contributed by atoms with E-state index in [1.165, 1.54) is 12.1 Å². The highest BCUT2D eigenvalue weighted by Gasteiger charge is 2.38. The zero-order valence-corrected chi connectivity index (χ0v) is 11.6. The van der Waals surface area contributed by atoms with Gasteiger partial charge in [0.15, 0.2) is 0 Å². The van der Waals surface area contributed by atoms with Crippen molar-refractivity contribution in [1.29, 1.82) is 5.41 Å². The van der Waals surface area contributed by atoms with Crippen molar-refractivity contribution in [3.63, 3.8) is 0 Å². The molecule has 0 radical (unpaired) electrons. The SMILES string of the molecule is C[C@H]1C[C@@H]1c1ccc(C(=N)C(F)(F)F)c(NCC(F)(F)F)c1. The molecular weight excluding hydrogens is 310 g/mol. The molecule has 0 bridgehead atoms. The molecule has 2 nitrogen and oxygen atoms in total. The first-order valence-corrected chi connectivity index (χ1v) is 6.59. The van der Waals surface area contributed by atoms with Crippen molar-refractivity contribution in [2.75, 3.05) is 11.9 Å². The fourth-order valence-electron chi connectivity index (χ4n) is 2.29. The van der Waals surface area contributed by atoms with Crippen LogP contribution in [0.4, 0.5) is 32.0 Å². The molecule has 2 N–H and O–H groups in total. The maximum absolute atomic E-state index is 12.6. The van der Waals surface area contributed by atoms with Crippen LogP contribution in [0.3, 0.4) is 0 Å². The van der Waals surface area contributed by atoms with E-state index in [0.717, 1.165) is 12.5 Å². The van der Waals surface area contributed by atoms with Gasteiger partial charge in [-0.2, -0.15) is 26.3 Å². The molecule has 0 heterocycles. The van der Waals surface area contributed by atoms with Crippen molar-refractivity contribution >= 4 is 11.4 Å². The fourth-order valence-corrected chi connectivity index (χ4v) is 2.29. The number of halogens is 6. The number of rotatable bonds is 4. The van der Waals surface area contributed by atoms with Gasteiger partial charge in [-0.1, -0.05) is 19.1 Å². The predicted octanol–water partition coefficient (Wildman–Crippen LogP) is 4.71. The first-order chi connectivity index (χ1) is 9.99. The minimum atomic E-state index is -4.91. The van der Waals surface area contributed by atoms with Crippen LogP contribution in [-0.2, 0) is 0 Å². The van der Waals surface area contributed by atoms with Crippen molar-refractivity contribution in [1.82, 2.24) is 0 Å². The van der Waals surface area contributed by atoms with Crippen LogP contribution in [0.1, 0.15) is 30.4 Å². The lowest BCUT2D eigenvalue weighted by Crippen LogP contribution is -2.26. The lowest BCUT2D eigenvalue weighted by atomic mass is 10.0. The van der Waals surface area contributed by atoms with Gasteiger partial charge < -0.3 is 5.32 Å². The van der Waals surface area contributed by atoms with Crippen molar-refractivity contribution in [3.8, 4) is 0 Å². The standard InChI is InChI=1S/C14H14F6N2/c1-7-4-10(7)8-2-3-9(12(21)14(18,19)20)11(5-8)22-6-13(15,16)17/h2-3,5,7,10,21-22H,4,6H2,1H3/t7-,10-/m0/s1. The van der Waals surface area contributed by atoms with Crippen LogP contribution in [0, 0.1) is 11.3 Å². The molecule has 0 amide bonds. The molecule has 2 rings (SSSR count). The molecule has 1 aromatic carbocycles. The van der Waals surface area contributed by atoms with Crippen molar-refractivity contribution < 1.29 is 26.3 Å². The molecule has 122 valence electrons. The third-order valence-corrected chi connectivity index (χ3v) is 3.61. The van der Waals surface area contributed by atoms with E-state index in [-0.39, 0.29) is 11.6 Å². The van der Waals surface area contributed by atoms with E-state index >= 15 is 0 Å². The molecule has 0 aliphatic heterocycles. The Morgan fingerprint density at radius 1 is 1.23 bits per heavy atom. The molecule has 1 saturated carbocycles. The molecule has 1 aromatic rings. The third kappa shape index (κ3) is 3.92. The largest absolute Gasteiger partial charge is 0.433 e. The van der Waals surface area contributed by atoms with Crippen LogP contribution in [0.5, 0.6) is 0 Å². The molecule has 1 fully saturated rings. The minimum Gasteiger partial charge on any atom is -0.376 e. The van der Waals surface area contributed by atoms with Gasteiger partial charge in [0.25, 0.3) is 0 Å². The average Bonchev–Trinajstić information content (AvgIpc) is 3.10. The number of hydrogen-bond acceptors (Lipinski definition) is 2. The lowest BCUT2D eigenvalue weighted by Gasteiger charge is -2.17. The molecule has 8 heteroatoms. The van der Waals surface area contributed by atoms with Gasteiger partial charge in [-0.3, -0.25) is 5.41 Å². The maximum atomic E-state index is 12.6. The number of benzene rings is 1. The average molecular weight is 324 g/mol. The third-order valence-electron chi connectivity index (χ3n) is 3.61. The highest BCUT2D eigenvalue weighted by atomic mass is 19.4. The minimum absolute atomic E-state index is 0.153. The van der Waals surface area contributed by atoms with Crippen molar-refractivity contribution in [3.05, 3.63) is 29.3 Å². The summed E-state index contributed by atoms with van der Waals surface area (Å²) in [5.74, 6) is 0.518. The van der Waals surface area contributed by atoms with E-state index in [2.05, 4.69) is 0 Å². The molecule has 1 aliphatic carbocycles. The summed E-state index contributed by atoms with van der Waals surface area (Å²) in [6.07, 6.45) is -8.61. The second-order valence-corrected chi connectivity index (χ2v) is 5.47. The van der Waals surface area contributed by atoms with E-state index in [1.54, 1.807) is 0 Å². The van der Waals surface area contributed by atoms with Crippen molar-refractivity contribution in [2.45, 2.75) is 31.6 Å². The molecule has 0 aromatic heterocycles. The van der Waals surface area contributed by atoms with Crippen LogP contribution >= 0.6 is 0 Å². The molecule has 0 unspecified atom stereocenters. The molecule has 22 heavy (non-hydrogen) atoms. The van der Waals surface area contributed by atoms with Crippen LogP contribution in [-0.4, -0.2) is 24.6 Å². The van der Waals surface area contributed by atoms with Gasteiger partial charge in [0, 0.05) is 11.3 Å². The van der Waals surface area contributed by atoms with E-state index < -0.39 is 30.2 Å². The highest BCUT2D eigenvalue weighted by Crippen LogP contribution is 2.47. The van der Waals surface area contributed by atoms with E-state index in [0.29, 0.717) is 11.5 Å². The predicted molar refractivity (Wildman–Crippen MR) is 70.4 cm³/mol. The molecule has 0 saturated heterocycles. The quantitative estimate of drug-likeness (QED) is 0.610. The van der Waals surface area contributed by atoms with Gasteiger partial charge in [0.1, 0.15) is 12.3 Å². The Morgan fingerprint density at radius 3 is 2.27 bits per heavy atom. The van der Waals surface area contributed by atoms with Crippen molar-refractivity contribution in [2.24, 2.45) is 5.92 Å². The Hall–Kier alpha value is -1.73. The van der Waals surface area contributed by atoms with Gasteiger partial charge >= 0.3 is 12.4 Å². The second kappa shape index (κ2) is 5.48. The number of alkyl halides is 6. The Labute approximate surface area is 123 Å². The summed E-state index contributed by atoms with van der Waals surface area (Å²) >= 11 is 0. The first kappa shape index (κ1) is 16.6. The first-order valence-electron chi connectivity index (χ1n) is 6.59. The van der Waals surface area contributed by atoms with Gasteiger partial charge in [-0.15, -0.1) is 0 Å². The fraction of sp³-hybridized carbons (Fsp3) is 0.500. The Morgan fingerprint density at radius 2 is 1.82 bits per heavy atom. The number of nitrogens with one attached hydrogen (secondary N) is 2. The molecule has 1 aliphatic rings. The van der Waals surface area contributed by atoms with Crippen LogP contribution in [0.25, 0.3) is 0 Å². The van der Waals surface area contributed by atoms with E-state index in [1.807, 2.05) is 12.2 Å². The van der Waals surface area contributed by atoms with Crippen LogP contribution in [0.2, 0.25) is 0 Å².